The molecule has 1 amide bonds. The van der Waals surface area contributed by atoms with E-state index in [1.807, 2.05) is 20.8 Å². The number of ether oxygens (including phenoxy) is 2. The average Bonchev–Trinajstić information content (AvgIpc) is 2.91. The summed E-state index contributed by atoms with van der Waals surface area (Å²) < 4.78 is 11.4. The average molecular weight is 314 g/mol. The van der Waals surface area contributed by atoms with Gasteiger partial charge in [-0.15, -0.1) is 0 Å². The zero-order valence-electron chi connectivity index (χ0n) is 15.0. The summed E-state index contributed by atoms with van der Waals surface area (Å²) in [5.41, 5.74) is -0.749. The Bertz CT molecular complexity index is 335. The highest BCUT2D eigenvalue weighted by Gasteiger charge is 2.34. The van der Waals surface area contributed by atoms with Gasteiger partial charge in [0.1, 0.15) is 11.3 Å². The molecule has 5 nitrogen and oxygen atoms in total. The maximum atomic E-state index is 11.7. The molecule has 0 spiro atoms. The Morgan fingerprint density at radius 3 is 2.36 bits per heavy atom. The molecule has 0 aliphatic carbocycles. The molecule has 0 bridgehead atoms. The topological polar surface area (TPSA) is 50.8 Å². The smallest absolute Gasteiger partial charge is 0.407 e. The number of hydrogen-bond donors (Lipinski definition) is 1. The highest BCUT2D eigenvalue weighted by atomic mass is 16.6. The fourth-order valence-electron chi connectivity index (χ4n) is 2.66. The summed E-state index contributed by atoms with van der Waals surface area (Å²) in [6, 6.07) is 0. The van der Waals surface area contributed by atoms with E-state index < -0.39 is 5.60 Å². The van der Waals surface area contributed by atoms with E-state index >= 15 is 0 Å². The van der Waals surface area contributed by atoms with Crippen molar-refractivity contribution < 1.29 is 14.3 Å². The van der Waals surface area contributed by atoms with Crippen LogP contribution in [0.2, 0.25) is 0 Å². The Morgan fingerprint density at radius 1 is 1.18 bits per heavy atom. The number of nitrogens with one attached hydrogen (secondary N) is 1. The minimum Gasteiger partial charge on any atom is -0.444 e. The van der Waals surface area contributed by atoms with Crippen LogP contribution >= 0.6 is 0 Å². The number of amides is 1. The summed E-state index contributed by atoms with van der Waals surface area (Å²) in [6.07, 6.45) is 5.08. The first-order valence-corrected chi connectivity index (χ1v) is 8.63. The molecule has 22 heavy (non-hydrogen) atoms. The fraction of sp³-hybridized carbons (Fsp3) is 0.941. The second-order valence-electron chi connectivity index (χ2n) is 7.25. The predicted molar refractivity (Wildman–Crippen MR) is 88.9 cm³/mol. The van der Waals surface area contributed by atoms with E-state index in [-0.39, 0.29) is 11.8 Å². The molecule has 1 fully saturated rings. The van der Waals surface area contributed by atoms with Crippen LogP contribution in [0, 0.1) is 0 Å². The Morgan fingerprint density at radius 2 is 1.82 bits per heavy atom. The normalized spacial score (nSPS) is 19.0. The number of hydrogen-bond acceptors (Lipinski definition) is 4. The van der Waals surface area contributed by atoms with E-state index in [4.69, 9.17) is 9.47 Å². The minimum atomic E-state index is -0.458. The molecule has 1 rings (SSSR count). The van der Waals surface area contributed by atoms with Crippen molar-refractivity contribution in [2.45, 2.75) is 78.0 Å². The van der Waals surface area contributed by atoms with Crippen molar-refractivity contribution in [3.8, 4) is 0 Å². The molecule has 1 aliphatic heterocycles. The van der Waals surface area contributed by atoms with Gasteiger partial charge in [0.2, 0.25) is 0 Å². The lowest BCUT2D eigenvalue weighted by molar-refractivity contribution is -0.140. The van der Waals surface area contributed by atoms with Gasteiger partial charge in [-0.1, -0.05) is 13.3 Å². The fourth-order valence-corrected chi connectivity index (χ4v) is 2.66. The molecule has 1 N–H and O–H groups in total. The van der Waals surface area contributed by atoms with Crippen LogP contribution in [-0.4, -0.2) is 48.6 Å². The first kappa shape index (κ1) is 19.2. The van der Waals surface area contributed by atoms with Crippen molar-refractivity contribution in [2.75, 3.05) is 26.2 Å². The van der Waals surface area contributed by atoms with Crippen LogP contribution < -0.4 is 5.32 Å². The second-order valence-corrected chi connectivity index (χ2v) is 7.25. The lowest BCUT2D eigenvalue weighted by Crippen LogP contribution is -2.49. The molecule has 0 aromatic carbocycles. The zero-order valence-corrected chi connectivity index (χ0v) is 15.0. The lowest BCUT2D eigenvalue weighted by Gasteiger charge is -2.39. The van der Waals surface area contributed by atoms with Crippen molar-refractivity contribution >= 4 is 6.09 Å². The molecule has 0 saturated carbocycles. The Balaban J connectivity index is 2.45. The number of alkyl carbamates (subject to hydrolysis) is 1. The number of likely N-dealkylation sites (tertiary alicyclic amines) is 1. The van der Waals surface area contributed by atoms with Crippen molar-refractivity contribution in [3.05, 3.63) is 0 Å². The number of carbonyl (C=O) groups excluding carboxylic acids is 1. The number of nitrogens with zero attached hydrogens (tertiary/aromatic N) is 1. The molecule has 130 valence electrons. The quantitative estimate of drug-likeness (QED) is 0.696. The third-order valence-corrected chi connectivity index (χ3v) is 3.94. The van der Waals surface area contributed by atoms with Gasteiger partial charge in [0.15, 0.2) is 0 Å². The summed E-state index contributed by atoms with van der Waals surface area (Å²) in [5, 5.41) is 2.84. The van der Waals surface area contributed by atoms with E-state index in [2.05, 4.69) is 24.1 Å². The van der Waals surface area contributed by atoms with Crippen molar-refractivity contribution in [1.82, 2.24) is 10.2 Å². The molecular weight excluding hydrogens is 280 g/mol. The number of rotatable bonds is 8. The van der Waals surface area contributed by atoms with Crippen molar-refractivity contribution in [1.29, 1.82) is 0 Å². The monoisotopic (exact) mass is 314 g/mol. The highest BCUT2D eigenvalue weighted by molar-refractivity contribution is 5.67. The Hall–Kier alpha value is -0.810. The molecule has 1 unspecified atom stereocenters. The van der Waals surface area contributed by atoms with Gasteiger partial charge >= 0.3 is 6.09 Å². The van der Waals surface area contributed by atoms with Crippen LogP contribution in [0.3, 0.4) is 0 Å². The van der Waals surface area contributed by atoms with Crippen LogP contribution in [0.15, 0.2) is 0 Å². The molecule has 0 aromatic heterocycles. The zero-order chi connectivity index (χ0) is 16.6. The third kappa shape index (κ3) is 6.97. The van der Waals surface area contributed by atoms with Crippen molar-refractivity contribution in [2.24, 2.45) is 0 Å². The number of carbonyl (C=O) groups is 1. The molecule has 1 heterocycles. The van der Waals surface area contributed by atoms with Gasteiger partial charge in [0.25, 0.3) is 0 Å². The van der Waals surface area contributed by atoms with Crippen LogP contribution in [0.4, 0.5) is 4.79 Å². The largest absolute Gasteiger partial charge is 0.444 e. The third-order valence-electron chi connectivity index (χ3n) is 3.94. The molecule has 0 radical (unpaired) electrons. The maximum Gasteiger partial charge on any atom is 0.407 e. The Kier molecular flexibility index (Phi) is 7.63. The molecule has 1 aliphatic rings. The van der Waals surface area contributed by atoms with Gasteiger partial charge in [0, 0.05) is 32.7 Å². The summed E-state index contributed by atoms with van der Waals surface area (Å²) >= 11 is 0. The number of unbranched alkanes of at least 4 members (excludes halogenated alkanes) is 1. The van der Waals surface area contributed by atoms with E-state index in [1.54, 1.807) is 0 Å². The maximum absolute atomic E-state index is 11.7. The summed E-state index contributed by atoms with van der Waals surface area (Å²) in [4.78, 5) is 14.1. The SMILES string of the molecule is CCCCOC(C)(CCNC(=O)OC(C)(C)C)N1CCCC1. The van der Waals surface area contributed by atoms with Gasteiger partial charge in [-0.25, -0.2) is 4.79 Å². The lowest BCUT2D eigenvalue weighted by atomic mass is 10.1. The van der Waals surface area contributed by atoms with Crippen LogP contribution in [0.25, 0.3) is 0 Å². The molecule has 5 heteroatoms. The first-order chi connectivity index (χ1) is 10.3. The molecule has 1 saturated heterocycles. The van der Waals surface area contributed by atoms with Crippen molar-refractivity contribution in [3.63, 3.8) is 0 Å². The Labute approximate surface area is 135 Å². The van der Waals surface area contributed by atoms with Gasteiger partial charge in [0.05, 0.1) is 0 Å². The highest BCUT2D eigenvalue weighted by Crippen LogP contribution is 2.26. The van der Waals surface area contributed by atoms with E-state index in [0.29, 0.717) is 6.54 Å². The van der Waals surface area contributed by atoms with E-state index in [0.717, 1.165) is 39.0 Å². The standard InChI is InChI=1S/C17H34N2O3/c1-6-7-14-21-17(5,19-12-8-9-13-19)10-11-18-15(20)22-16(2,3)4/h6-14H2,1-5H3,(H,18,20). The van der Waals surface area contributed by atoms with Crippen LogP contribution in [-0.2, 0) is 9.47 Å². The molecule has 1 atom stereocenters. The van der Waals surface area contributed by atoms with Gasteiger partial charge in [-0.05, 0) is 47.0 Å². The van der Waals surface area contributed by atoms with Gasteiger partial charge < -0.3 is 14.8 Å². The minimum absolute atomic E-state index is 0.291. The van der Waals surface area contributed by atoms with Crippen LogP contribution in [0.1, 0.15) is 66.7 Å². The van der Waals surface area contributed by atoms with E-state index in [1.165, 1.54) is 12.8 Å². The molecular formula is C17H34N2O3. The molecule has 0 aromatic rings. The van der Waals surface area contributed by atoms with Gasteiger partial charge in [-0.3, -0.25) is 4.90 Å². The second kappa shape index (κ2) is 8.73. The summed E-state index contributed by atoms with van der Waals surface area (Å²) in [7, 11) is 0. The predicted octanol–water partition coefficient (Wildman–Crippen LogP) is 3.53. The first-order valence-electron chi connectivity index (χ1n) is 8.63. The van der Waals surface area contributed by atoms with Gasteiger partial charge in [-0.2, -0.15) is 0 Å². The summed E-state index contributed by atoms with van der Waals surface area (Å²) in [6.45, 7) is 13.4. The summed E-state index contributed by atoms with van der Waals surface area (Å²) in [5.74, 6) is 0. The van der Waals surface area contributed by atoms with Crippen LogP contribution in [0.5, 0.6) is 0 Å². The van der Waals surface area contributed by atoms with E-state index in [9.17, 15) is 4.79 Å².